The Bertz CT molecular complexity index is 607. The molecule has 21 heavy (non-hydrogen) atoms. The first-order chi connectivity index (χ1) is 9.86. The maximum Gasteiger partial charge on any atom is 0.338 e. The minimum absolute atomic E-state index is 0.132. The zero-order valence-corrected chi connectivity index (χ0v) is 14.1. The lowest BCUT2D eigenvalue weighted by Crippen LogP contribution is -2.11. The lowest BCUT2D eigenvalue weighted by molar-refractivity contribution is 0.0472. The van der Waals surface area contributed by atoms with Crippen LogP contribution in [0.25, 0.3) is 0 Å². The largest absolute Gasteiger partial charge is 0.457 e. The summed E-state index contributed by atoms with van der Waals surface area (Å²) in [5, 5.41) is 0. The predicted octanol–water partition coefficient (Wildman–Crippen LogP) is 5.10. The van der Waals surface area contributed by atoms with E-state index in [1.165, 1.54) is 5.56 Å². The second-order valence-electron chi connectivity index (χ2n) is 6.03. The summed E-state index contributed by atoms with van der Waals surface area (Å²) in [5.74, 6) is -0.303. The van der Waals surface area contributed by atoms with Gasteiger partial charge in [-0.1, -0.05) is 61.0 Å². The van der Waals surface area contributed by atoms with E-state index >= 15 is 0 Å². The molecule has 0 aliphatic rings. The number of halogens is 1. The van der Waals surface area contributed by atoms with E-state index in [9.17, 15) is 4.79 Å². The fourth-order valence-electron chi connectivity index (χ4n) is 1.92. The van der Waals surface area contributed by atoms with Gasteiger partial charge in [0.2, 0.25) is 0 Å². The quantitative estimate of drug-likeness (QED) is 0.722. The van der Waals surface area contributed by atoms with Crippen LogP contribution in [0, 0.1) is 0 Å². The van der Waals surface area contributed by atoms with Crippen molar-refractivity contribution in [1.82, 2.24) is 0 Å². The van der Waals surface area contributed by atoms with Gasteiger partial charge >= 0.3 is 5.97 Å². The van der Waals surface area contributed by atoms with Crippen molar-refractivity contribution in [2.24, 2.45) is 0 Å². The van der Waals surface area contributed by atoms with E-state index in [0.717, 1.165) is 10.0 Å². The molecule has 0 atom stereocenters. The highest BCUT2D eigenvalue weighted by molar-refractivity contribution is 9.10. The molecule has 0 radical (unpaired) electrons. The predicted molar refractivity (Wildman–Crippen MR) is 88.4 cm³/mol. The van der Waals surface area contributed by atoms with Crippen molar-refractivity contribution >= 4 is 21.9 Å². The van der Waals surface area contributed by atoms with Gasteiger partial charge in [-0.15, -0.1) is 0 Å². The van der Waals surface area contributed by atoms with Crippen molar-refractivity contribution in [1.29, 1.82) is 0 Å². The molecular formula is C18H19BrO2. The van der Waals surface area contributed by atoms with Crippen LogP contribution in [-0.4, -0.2) is 5.97 Å². The Balaban J connectivity index is 1.97. The maximum atomic E-state index is 11.9. The average molecular weight is 347 g/mol. The summed E-state index contributed by atoms with van der Waals surface area (Å²) in [5.41, 5.74) is 2.95. The van der Waals surface area contributed by atoms with Crippen molar-refractivity contribution < 1.29 is 9.53 Å². The minimum Gasteiger partial charge on any atom is -0.457 e. The summed E-state index contributed by atoms with van der Waals surface area (Å²) in [4.78, 5) is 11.9. The summed E-state index contributed by atoms with van der Waals surface area (Å²) >= 11 is 3.34. The van der Waals surface area contributed by atoms with Gasteiger partial charge in [-0.2, -0.15) is 0 Å². The van der Waals surface area contributed by atoms with Crippen LogP contribution in [0.2, 0.25) is 0 Å². The van der Waals surface area contributed by atoms with Gasteiger partial charge in [0.1, 0.15) is 6.61 Å². The second-order valence-corrected chi connectivity index (χ2v) is 6.95. The van der Waals surface area contributed by atoms with Crippen molar-refractivity contribution in [2.45, 2.75) is 32.8 Å². The monoisotopic (exact) mass is 346 g/mol. The van der Waals surface area contributed by atoms with E-state index in [-0.39, 0.29) is 11.4 Å². The Labute approximate surface area is 134 Å². The molecule has 0 bridgehead atoms. The maximum absolute atomic E-state index is 11.9. The summed E-state index contributed by atoms with van der Waals surface area (Å²) in [6.45, 7) is 6.82. The lowest BCUT2D eigenvalue weighted by atomic mass is 9.87. The van der Waals surface area contributed by atoms with E-state index in [2.05, 4.69) is 48.8 Å². The van der Waals surface area contributed by atoms with Gasteiger partial charge in [-0.25, -0.2) is 4.79 Å². The number of esters is 1. The van der Waals surface area contributed by atoms with Crippen LogP contribution in [0.1, 0.15) is 42.3 Å². The average Bonchev–Trinajstić information content (AvgIpc) is 2.45. The Morgan fingerprint density at radius 1 is 1.00 bits per heavy atom. The minimum atomic E-state index is -0.303. The number of hydrogen-bond donors (Lipinski definition) is 0. The van der Waals surface area contributed by atoms with Crippen LogP contribution in [0.3, 0.4) is 0 Å². The van der Waals surface area contributed by atoms with Crippen LogP contribution < -0.4 is 0 Å². The first kappa shape index (κ1) is 15.8. The SMILES string of the molecule is CC(C)(C)c1ccc(COC(=O)c2ccc(Br)cc2)cc1. The van der Waals surface area contributed by atoms with Crippen molar-refractivity contribution in [3.63, 3.8) is 0 Å². The third-order valence-electron chi connectivity index (χ3n) is 3.27. The molecule has 0 heterocycles. The zero-order chi connectivity index (χ0) is 15.5. The molecule has 110 valence electrons. The molecule has 2 nitrogen and oxygen atoms in total. The van der Waals surface area contributed by atoms with Crippen molar-refractivity contribution in [2.75, 3.05) is 0 Å². The number of benzene rings is 2. The first-order valence-electron chi connectivity index (χ1n) is 6.88. The summed E-state index contributed by atoms with van der Waals surface area (Å²) in [7, 11) is 0. The molecule has 0 saturated carbocycles. The molecule has 0 amide bonds. The molecule has 0 aromatic heterocycles. The van der Waals surface area contributed by atoms with E-state index in [0.29, 0.717) is 12.2 Å². The van der Waals surface area contributed by atoms with Gasteiger partial charge < -0.3 is 4.74 Å². The number of hydrogen-bond acceptors (Lipinski definition) is 2. The van der Waals surface area contributed by atoms with Crippen LogP contribution >= 0.6 is 15.9 Å². The summed E-state index contributed by atoms with van der Waals surface area (Å²) in [6, 6.07) is 15.3. The molecule has 2 aromatic rings. The number of ether oxygens (including phenoxy) is 1. The molecule has 0 spiro atoms. The fourth-order valence-corrected chi connectivity index (χ4v) is 2.18. The van der Waals surface area contributed by atoms with E-state index in [1.54, 1.807) is 12.1 Å². The van der Waals surface area contributed by atoms with Crippen LogP contribution in [0.4, 0.5) is 0 Å². The second kappa shape index (κ2) is 6.44. The van der Waals surface area contributed by atoms with Gasteiger partial charge in [0.05, 0.1) is 5.56 Å². The van der Waals surface area contributed by atoms with E-state index in [1.807, 2.05) is 24.3 Å². The molecule has 0 unspecified atom stereocenters. The highest BCUT2D eigenvalue weighted by Gasteiger charge is 2.13. The Morgan fingerprint density at radius 2 is 1.57 bits per heavy atom. The smallest absolute Gasteiger partial charge is 0.338 e. The van der Waals surface area contributed by atoms with Crippen molar-refractivity contribution in [3.05, 3.63) is 69.7 Å². The lowest BCUT2D eigenvalue weighted by Gasteiger charge is -2.19. The van der Waals surface area contributed by atoms with Crippen LogP contribution in [0.5, 0.6) is 0 Å². The molecule has 0 fully saturated rings. The molecule has 0 aliphatic carbocycles. The van der Waals surface area contributed by atoms with Crippen LogP contribution in [-0.2, 0) is 16.8 Å². The molecule has 0 N–H and O–H groups in total. The van der Waals surface area contributed by atoms with Gasteiger partial charge in [-0.05, 0) is 40.8 Å². The summed E-state index contributed by atoms with van der Waals surface area (Å²) in [6.07, 6.45) is 0. The number of carbonyl (C=O) groups is 1. The van der Waals surface area contributed by atoms with Crippen molar-refractivity contribution in [3.8, 4) is 0 Å². The Morgan fingerprint density at radius 3 is 2.10 bits per heavy atom. The molecule has 0 saturated heterocycles. The third kappa shape index (κ3) is 4.43. The van der Waals surface area contributed by atoms with E-state index in [4.69, 9.17) is 4.74 Å². The Hall–Kier alpha value is -1.61. The van der Waals surface area contributed by atoms with Gasteiger partial charge in [0.15, 0.2) is 0 Å². The molecule has 2 aromatic carbocycles. The highest BCUT2D eigenvalue weighted by atomic mass is 79.9. The highest BCUT2D eigenvalue weighted by Crippen LogP contribution is 2.22. The normalized spacial score (nSPS) is 11.2. The third-order valence-corrected chi connectivity index (χ3v) is 3.80. The Kier molecular flexibility index (Phi) is 4.84. The fraction of sp³-hybridized carbons (Fsp3) is 0.278. The first-order valence-corrected chi connectivity index (χ1v) is 7.68. The molecule has 3 heteroatoms. The van der Waals surface area contributed by atoms with E-state index < -0.39 is 0 Å². The molecule has 0 aliphatic heterocycles. The number of carbonyl (C=O) groups excluding carboxylic acids is 1. The molecular weight excluding hydrogens is 328 g/mol. The molecule has 2 rings (SSSR count). The summed E-state index contributed by atoms with van der Waals surface area (Å²) < 4.78 is 6.27. The topological polar surface area (TPSA) is 26.3 Å². The van der Waals surface area contributed by atoms with Gasteiger partial charge in [0.25, 0.3) is 0 Å². The van der Waals surface area contributed by atoms with Gasteiger partial charge in [0, 0.05) is 4.47 Å². The van der Waals surface area contributed by atoms with Gasteiger partial charge in [-0.3, -0.25) is 0 Å². The zero-order valence-electron chi connectivity index (χ0n) is 12.5. The standard InChI is InChI=1S/C18H19BrO2/c1-18(2,3)15-8-4-13(5-9-15)12-21-17(20)14-6-10-16(19)11-7-14/h4-11H,12H2,1-3H3. The van der Waals surface area contributed by atoms with Crippen LogP contribution in [0.15, 0.2) is 53.0 Å². The number of rotatable bonds is 3.